The molecule has 0 fully saturated rings. The first-order chi connectivity index (χ1) is 9.79. The molecule has 1 aliphatic heterocycles. The highest BCUT2D eigenvalue weighted by atomic mass is 15.2. The molecule has 0 saturated heterocycles. The zero-order valence-electron chi connectivity index (χ0n) is 12.3. The summed E-state index contributed by atoms with van der Waals surface area (Å²) in [7, 11) is 1.89. The third-order valence-electron chi connectivity index (χ3n) is 3.35. The molecule has 4 heteroatoms. The second-order valence-electron chi connectivity index (χ2n) is 4.56. The van der Waals surface area contributed by atoms with E-state index in [0.29, 0.717) is 0 Å². The van der Waals surface area contributed by atoms with Crippen LogP contribution in [-0.4, -0.2) is 16.3 Å². The van der Waals surface area contributed by atoms with Gasteiger partial charge < -0.3 is 5.32 Å². The number of hydrogen-bond donors (Lipinski definition) is 1. The van der Waals surface area contributed by atoms with Crippen molar-refractivity contribution in [1.29, 1.82) is 5.26 Å². The summed E-state index contributed by atoms with van der Waals surface area (Å²) in [6.45, 7) is 5.01. The molecule has 0 bridgehead atoms. The van der Waals surface area contributed by atoms with Gasteiger partial charge in [-0.3, -0.25) is 4.68 Å². The van der Waals surface area contributed by atoms with Crippen molar-refractivity contribution in [2.75, 3.05) is 11.9 Å². The first-order valence-electron chi connectivity index (χ1n) is 7.08. The van der Waals surface area contributed by atoms with Crippen molar-refractivity contribution < 1.29 is 0 Å². The second kappa shape index (κ2) is 6.25. The summed E-state index contributed by atoms with van der Waals surface area (Å²) >= 11 is 0. The zero-order valence-corrected chi connectivity index (χ0v) is 12.3. The lowest BCUT2D eigenvalue weighted by molar-refractivity contribution is 0.768. The van der Waals surface area contributed by atoms with Crippen LogP contribution < -0.4 is 5.32 Å². The van der Waals surface area contributed by atoms with Gasteiger partial charge in [-0.1, -0.05) is 13.8 Å². The Morgan fingerprint density at radius 3 is 2.80 bits per heavy atom. The normalized spacial score (nSPS) is 12.5. The van der Waals surface area contributed by atoms with E-state index in [-0.39, 0.29) is 0 Å². The number of aromatic nitrogens is 2. The third kappa shape index (κ3) is 2.53. The zero-order chi connectivity index (χ0) is 14.5. The average Bonchev–Trinajstić information content (AvgIpc) is 2.94. The number of rotatable bonds is 1. The van der Waals surface area contributed by atoms with Crippen molar-refractivity contribution in [2.24, 2.45) is 7.05 Å². The molecule has 0 unspecified atom stereocenters. The second-order valence-corrected chi connectivity index (χ2v) is 4.56. The molecule has 0 atom stereocenters. The topological polar surface area (TPSA) is 53.6 Å². The van der Waals surface area contributed by atoms with Gasteiger partial charge in [0.2, 0.25) is 0 Å². The van der Waals surface area contributed by atoms with Gasteiger partial charge in [0.1, 0.15) is 0 Å². The van der Waals surface area contributed by atoms with E-state index in [1.165, 1.54) is 5.56 Å². The van der Waals surface area contributed by atoms with Gasteiger partial charge in [-0.05, 0) is 30.5 Å². The maximum Gasteiger partial charge on any atom is 0.0998 e. The lowest BCUT2D eigenvalue weighted by atomic mass is 9.91. The number of fused-ring (bicyclic) bond motifs is 1. The summed E-state index contributed by atoms with van der Waals surface area (Å²) in [5, 5.41) is 16.9. The molecule has 20 heavy (non-hydrogen) atoms. The van der Waals surface area contributed by atoms with Crippen LogP contribution in [0.2, 0.25) is 0 Å². The van der Waals surface area contributed by atoms with E-state index in [1.54, 1.807) is 4.68 Å². The molecule has 0 aliphatic carbocycles. The number of nitriles is 1. The predicted molar refractivity (Wildman–Crippen MR) is 81.5 cm³/mol. The molecule has 2 heterocycles. The summed E-state index contributed by atoms with van der Waals surface area (Å²) < 4.78 is 1.77. The van der Waals surface area contributed by atoms with Crippen LogP contribution in [0.25, 0.3) is 11.1 Å². The van der Waals surface area contributed by atoms with Crippen molar-refractivity contribution >= 4 is 5.69 Å². The Balaban J connectivity index is 0.000000704. The van der Waals surface area contributed by atoms with Crippen LogP contribution >= 0.6 is 0 Å². The summed E-state index contributed by atoms with van der Waals surface area (Å²) in [6, 6.07) is 6.18. The molecule has 1 aromatic carbocycles. The highest BCUT2D eigenvalue weighted by molar-refractivity contribution is 5.79. The molecule has 0 spiro atoms. The minimum atomic E-state index is 0.727. The number of hydrogen-bond acceptors (Lipinski definition) is 3. The fourth-order valence-corrected chi connectivity index (χ4v) is 2.53. The molecule has 0 saturated carbocycles. The van der Waals surface area contributed by atoms with Crippen molar-refractivity contribution in [3.63, 3.8) is 0 Å². The van der Waals surface area contributed by atoms with Crippen LogP contribution in [0.15, 0.2) is 24.5 Å². The molecule has 0 radical (unpaired) electrons. The van der Waals surface area contributed by atoms with Crippen LogP contribution in [0.5, 0.6) is 0 Å². The monoisotopic (exact) mass is 268 g/mol. The van der Waals surface area contributed by atoms with Gasteiger partial charge in [0.25, 0.3) is 0 Å². The summed E-state index contributed by atoms with van der Waals surface area (Å²) in [5.41, 5.74) is 5.18. The Kier molecular flexibility index (Phi) is 4.41. The molecule has 3 rings (SSSR count). The van der Waals surface area contributed by atoms with E-state index in [1.807, 2.05) is 45.4 Å². The van der Waals surface area contributed by atoms with E-state index >= 15 is 0 Å². The SMILES string of the molecule is CC.Cn1cc(-c2c(C#N)ccc3c2CCCN3)cn1. The van der Waals surface area contributed by atoms with Gasteiger partial charge >= 0.3 is 0 Å². The molecular formula is C16H20N4. The van der Waals surface area contributed by atoms with Crippen molar-refractivity contribution in [3.8, 4) is 17.2 Å². The maximum atomic E-state index is 9.29. The van der Waals surface area contributed by atoms with E-state index in [4.69, 9.17) is 0 Å². The fraction of sp³-hybridized carbons (Fsp3) is 0.375. The van der Waals surface area contributed by atoms with Crippen molar-refractivity contribution in [1.82, 2.24) is 9.78 Å². The lowest BCUT2D eigenvalue weighted by Gasteiger charge is -2.21. The number of aryl methyl sites for hydroxylation is 1. The number of nitrogens with one attached hydrogen (secondary N) is 1. The highest BCUT2D eigenvalue weighted by Crippen LogP contribution is 2.35. The van der Waals surface area contributed by atoms with Crippen LogP contribution in [0.4, 0.5) is 5.69 Å². The van der Waals surface area contributed by atoms with Gasteiger partial charge in [0.15, 0.2) is 0 Å². The largest absolute Gasteiger partial charge is 0.385 e. The minimum absolute atomic E-state index is 0.727. The molecule has 104 valence electrons. The van der Waals surface area contributed by atoms with Crippen LogP contribution in [-0.2, 0) is 13.5 Å². The van der Waals surface area contributed by atoms with E-state index in [2.05, 4.69) is 16.5 Å². The maximum absolute atomic E-state index is 9.29. The van der Waals surface area contributed by atoms with Gasteiger partial charge in [0, 0.05) is 36.6 Å². The quantitative estimate of drug-likeness (QED) is 0.863. The molecule has 2 aromatic rings. The van der Waals surface area contributed by atoms with Gasteiger partial charge in [0.05, 0.1) is 17.8 Å². The predicted octanol–water partition coefficient (Wildman–Crippen LogP) is 3.34. The summed E-state index contributed by atoms with van der Waals surface area (Å²) in [4.78, 5) is 0. The molecule has 1 aliphatic rings. The Morgan fingerprint density at radius 2 is 2.15 bits per heavy atom. The Labute approximate surface area is 120 Å². The summed E-state index contributed by atoms with van der Waals surface area (Å²) in [6.07, 6.45) is 5.91. The Hall–Kier alpha value is -2.28. The Bertz CT molecular complexity index is 634. The van der Waals surface area contributed by atoms with Gasteiger partial charge in [-0.15, -0.1) is 0 Å². The smallest absolute Gasteiger partial charge is 0.0998 e. The molecule has 1 N–H and O–H groups in total. The lowest BCUT2D eigenvalue weighted by Crippen LogP contribution is -2.13. The van der Waals surface area contributed by atoms with Crippen LogP contribution in [0.1, 0.15) is 31.4 Å². The molecule has 1 aromatic heterocycles. The van der Waals surface area contributed by atoms with Gasteiger partial charge in [-0.2, -0.15) is 10.4 Å². The van der Waals surface area contributed by atoms with Crippen molar-refractivity contribution in [3.05, 3.63) is 35.7 Å². The standard InChI is InChI=1S/C14H14N4.C2H6/c1-18-9-11(8-17-18)14-10(7-15)4-5-13-12(14)3-2-6-16-13;1-2/h4-5,8-9,16H,2-3,6H2,1H3;1-2H3. The molecule has 0 amide bonds. The first-order valence-corrected chi connectivity index (χ1v) is 7.08. The molecular weight excluding hydrogens is 248 g/mol. The third-order valence-corrected chi connectivity index (χ3v) is 3.35. The van der Waals surface area contributed by atoms with Crippen LogP contribution in [0.3, 0.4) is 0 Å². The number of nitrogens with zero attached hydrogens (tertiary/aromatic N) is 3. The first kappa shape index (κ1) is 14.1. The fourth-order valence-electron chi connectivity index (χ4n) is 2.53. The summed E-state index contributed by atoms with van der Waals surface area (Å²) in [5.74, 6) is 0. The van der Waals surface area contributed by atoms with E-state index < -0.39 is 0 Å². The highest BCUT2D eigenvalue weighted by Gasteiger charge is 2.18. The van der Waals surface area contributed by atoms with Crippen molar-refractivity contribution in [2.45, 2.75) is 26.7 Å². The number of anilines is 1. The van der Waals surface area contributed by atoms with E-state index in [9.17, 15) is 5.26 Å². The minimum Gasteiger partial charge on any atom is -0.385 e. The van der Waals surface area contributed by atoms with Crippen LogP contribution in [0, 0.1) is 11.3 Å². The molecule has 4 nitrogen and oxygen atoms in total. The van der Waals surface area contributed by atoms with Gasteiger partial charge in [-0.25, -0.2) is 0 Å². The average molecular weight is 268 g/mol. The Morgan fingerprint density at radius 1 is 1.35 bits per heavy atom. The van der Waals surface area contributed by atoms with E-state index in [0.717, 1.165) is 41.8 Å². The number of benzene rings is 1.